The van der Waals surface area contributed by atoms with Crippen molar-refractivity contribution in [1.82, 2.24) is 0 Å². The van der Waals surface area contributed by atoms with E-state index in [-0.39, 0.29) is 17.5 Å². The number of rotatable bonds is 7. The molecule has 6 heteroatoms. The Morgan fingerprint density at radius 2 is 2.16 bits per heavy atom. The lowest BCUT2D eigenvalue weighted by molar-refractivity contribution is -0.385. The van der Waals surface area contributed by atoms with Gasteiger partial charge in [0.25, 0.3) is 0 Å². The summed E-state index contributed by atoms with van der Waals surface area (Å²) in [4.78, 5) is 10.4. The fourth-order valence-electron chi connectivity index (χ4n) is 1.52. The van der Waals surface area contributed by atoms with E-state index in [4.69, 9.17) is 10.5 Å². The molecule has 1 unspecified atom stereocenters. The second-order valence-electron chi connectivity index (χ2n) is 4.66. The molecule has 0 aromatic heterocycles. The van der Waals surface area contributed by atoms with Gasteiger partial charge in [0.05, 0.1) is 11.5 Å². The lowest BCUT2D eigenvalue weighted by atomic mass is 10.1. The minimum Gasteiger partial charge on any atom is -0.487 e. The number of nitrogens with two attached hydrogens (primary N) is 1. The smallest absolute Gasteiger partial charge is 0.311 e. The van der Waals surface area contributed by atoms with Gasteiger partial charge in [0.15, 0.2) is 5.75 Å². The highest BCUT2D eigenvalue weighted by Crippen LogP contribution is 2.30. The Labute approximate surface area is 113 Å². The predicted octanol–water partition coefficient (Wildman–Crippen LogP) is 2.39. The quantitative estimate of drug-likeness (QED) is 0.584. The van der Waals surface area contributed by atoms with Crippen molar-refractivity contribution in [3.63, 3.8) is 0 Å². The topological polar surface area (TPSA) is 90.4 Å². The number of ether oxygens (including phenoxy) is 1. The average molecular weight is 267 g/mol. The van der Waals surface area contributed by atoms with E-state index in [2.05, 4.69) is 5.32 Å². The van der Waals surface area contributed by atoms with Crippen LogP contribution in [-0.4, -0.2) is 24.1 Å². The molecule has 0 aliphatic heterocycles. The third-order valence-corrected chi connectivity index (χ3v) is 2.85. The molecule has 1 rings (SSSR count). The van der Waals surface area contributed by atoms with Gasteiger partial charge in [-0.05, 0) is 18.9 Å². The number of benzene rings is 1. The Kier molecular flexibility index (Phi) is 5.57. The summed E-state index contributed by atoms with van der Waals surface area (Å²) in [7, 11) is 0. The molecule has 106 valence electrons. The maximum Gasteiger partial charge on any atom is 0.311 e. The molecule has 6 nitrogen and oxygen atoms in total. The number of hydrogen-bond acceptors (Lipinski definition) is 5. The lowest BCUT2D eigenvalue weighted by Gasteiger charge is -2.17. The van der Waals surface area contributed by atoms with Crippen LogP contribution in [0.3, 0.4) is 0 Å². The van der Waals surface area contributed by atoms with Crippen molar-refractivity contribution in [1.29, 1.82) is 0 Å². The second kappa shape index (κ2) is 6.94. The van der Waals surface area contributed by atoms with Gasteiger partial charge in [-0.15, -0.1) is 0 Å². The maximum absolute atomic E-state index is 10.8. The van der Waals surface area contributed by atoms with E-state index >= 15 is 0 Å². The molecule has 0 bridgehead atoms. The van der Waals surface area contributed by atoms with Gasteiger partial charge in [-0.3, -0.25) is 10.1 Å². The van der Waals surface area contributed by atoms with Crippen LogP contribution >= 0.6 is 0 Å². The van der Waals surface area contributed by atoms with Crippen LogP contribution < -0.4 is 15.8 Å². The van der Waals surface area contributed by atoms with E-state index < -0.39 is 4.92 Å². The van der Waals surface area contributed by atoms with E-state index in [9.17, 15) is 10.1 Å². The molecular formula is C13H21N3O3. The van der Waals surface area contributed by atoms with Crippen LogP contribution in [0.4, 0.5) is 11.4 Å². The van der Waals surface area contributed by atoms with E-state index in [1.54, 1.807) is 19.1 Å². The zero-order chi connectivity index (χ0) is 14.4. The monoisotopic (exact) mass is 267 g/mol. The largest absolute Gasteiger partial charge is 0.487 e. The molecule has 0 aliphatic rings. The highest BCUT2D eigenvalue weighted by atomic mass is 16.6. The first kappa shape index (κ1) is 15.2. The van der Waals surface area contributed by atoms with Crippen molar-refractivity contribution in [2.75, 3.05) is 18.5 Å². The van der Waals surface area contributed by atoms with Crippen molar-refractivity contribution in [2.45, 2.75) is 26.8 Å². The summed E-state index contributed by atoms with van der Waals surface area (Å²) in [5, 5.41) is 14.0. The Bertz CT molecular complexity index is 435. The molecule has 0 fully saturated rings. The first-order chi connectivity index (χ1) is 8.95. The first-order valence-electron chi connectivity index (χ1n) is 6.36. The van der Waals surface area contributed by atoms with Gasteiger partial charge in [0.1, 0.15) is 0 Å². The molecule has 1 aromatic carbocycles. The standard InChI is InChI=1S/C13H21N3O3/c1-4-19-13-7-10(5-6-12(13)16(17)18)15-8-11(14)9(2)3/h5-7,9,11,15H,4,8,14H2,1-3H3. The molecule has 1 aromatic rings. The van der Waals surface area contributed by atoms with Crippen molar-refractivity contribution in [2.24, 2.45) is 11.7 Å². The Morgan fingerprint density at radius 1 is 1.47 bits per heavy atom. The van der Waals surface area contributed by atoms with Crippen LogP contribution in [0, 0.1) is 16.0 Å². The van der Waals surface area contributed by atoms with Gasteiger partial charge in [0.2, 0.25) is 0 Å². The molecule has 19 heavy (non-hydrogen) atoms. The van der Waals surface area contributed by atoms with Crippen LogP contribution in [0.1, 0.15) is 20.8 Å². The molecular weight excluding hydrogens is 246 g/mol. The normalized spacial score (nSPS) is 12.3. The Morgan fingerprint density at radius 3 is 2.68 bits per heavy atom. The highest BCUT2D eigenvalue weighted by Gasteiger charge is 2.15. The van der Waals surface area contributed by atoms with E-state index in [0.717, 1.165) is 5.69 Å². The fourth-order valence-corrected chi connectivity index (χ4v) is 1.52. The summed E-state index contributed by atoms with van der Waals surface area (Å²) in [5.41, 5.74) is 6.68. The predicted molar refractivity (Wildman–Crippen MR) is 75.6 cm³/mol. The van der Waals surface area contributed by atoms with Crippen molar-refractivity contribution < 1.29 is 9.66 Å². The summed E-state index contributed by atoms with van der Waals surface area (Å²) in [6.45, 7) is 6.89. The molecule has 0 amide bonds. The van der Waals surface area contributed by atoms with Gasteiger partial charge in [-0.2, -0.15) is 0 Å². The van der Waals surface area contributed by atoms with Crippen LogP contribution in [-0.2, 0) is 0 Å². The van der Waals surface area contributed by atoms with E-state index in [1.807, 2.05) is 13.8 Å². The van der Waals surface area contributed by atoms with Crippen molar-refractivity contribution >= 4 is 11.4 Å². The van der Waals surface area contributed by atoms with E-state index in [0.29, 0.717) is 19.1 Å². The van der Waals surface area contributed by atoms with Gasteiger partial charge in [-0.25, -0.2) is 0 Å². The molecule has 0 aliphatic carbocycles. The summed E-state index contributed by atoms with van der Waals surface area (Å²) in [6, 6.07) is 4.77. The molecule has 0 heterocycles. The number of anilines is 1. The molecule has 3 N–H and O–H groups in total. The highest BCUT2D eigenvalue weighted by molar-refractivity contribution is 5.58. The number of nitro benzene ring substituents is 1. The average Bonchev–Trinajstić information content (AvgIpc) is 2.36. The zero-order valence-corrected chi connectivity index (χ0v) is 11.6. The molecule has 0 spiro atoms. The maximum atomic E-state index is 10.8. The third kappa shape index (κ3) is 4.40. The SMILES string of the molecule is CCOc1cc(NCC(N)C(C)C)ccc1[N+](=O)[O-]. The summed E-state index contributed by atoms with van der Waals surface area (Å²) in [6.07, 6.45) is 0. The van der Waals surface area contributed by atoms with Crippen molar-refractivity contribution in [3.8, 4) is 5.75 Å². The Hall–Kier alpha value is -1.82. The number of nitro groups is 1. The van der Waals surface area contributed by atoms with Crippen LogP contribution in [0.15, 0.2) is 18.2 Å². The minimum atomic E-state index is -0.450. The third-order valence-electron chi connectivity index (χ3n) is 2.85. The summed E-state index contributed by atoms with van der Waals surface area (Å²) in [5.74, 6) is 0.646. The fraction of sp³-hybridized carbons (Fsp3) is 0.538. The van der Waals surface area contributed by atoms with E-state index in [1.165, 1.54) is 6.07 Å². The summed E-state index contributed by atoms with van der Waals surface area (Å²) >= 11 is 0. The second-order valence-corrected chi connectivity index (χ2v) is 4.66. The van der Waals surface area contributed by atoms with Gasteiger partial charge >= 0.3 is 5.69 Å². The first-order valence-corrected chi connectivity index (χ1v) is 6.36. The van der Waals surface area contributed by atoms with Gasteiger partial charge < -0.3 is 15.8 Å². The number of hydrogen-bond donors (Lipinski definition) is 2. The summed E-state index contributed by atoms with van der Waals surface area (Å²) < 4.78 is 5.28. The van der Waals surface area contributed by atoms with Crippen LogP contribution in [0.25, 0.3) is 0 Å². The molecule has 0 saturated carbocycles. The minimum absolute atomic E-state index is 0.0273. The van der Waals surface area contributed by atoms with Crippen LogP contribution in [0.2, 0.25) is 0 Å². The Balaban J connectivity index is 2.80. The molecule has 0 radical (unpaired) electrons. The van der Waals surface area contributed by atoms with Crippen molar-refractivity contribution in [3.05, 3.63) is 28.3 Å². The lowest BCUT2D eigenvalue weighted by Crippen LogP contribution is -2.33. The molecule has 1 atom stereocenters. The van der Waals surface area contributed by atoms with Gasteiger partial charge in [0, 0.05) is 30.4 Å². The molecule has 0 saturated heterocycles. The zero-order valence-electron chi connectivity index (χ0n) is 11.6. The number of nitrogens with zero attached hydrogens (tertiary/aromatic N) is 1. The number of nitrogens with one attached hydrogen (secondary N) is 1. The van der Waals surface area contributed by atoms with Crippen LogP contribution in [0.5, 0.6) is 5.75 Å². The van der Waals surface area contributed by atoms with Gasteiger partial charge in [-0.1, -0.05) is 13.8 Å².